The number of nitrogens with two attached hydrogens (primary N) is 1. The van der Waals surface area contributed by atoms with Crippen molar-refractivity contribution in [1.82, 2.24) is 5.01 Å². The molecule has 0 aromatic carbocycles. The van der Waals surface area contributed by atoms with Crippen molar-refractivity contribution < 1.29 is 4.79 Å². The molecule has 0 bridgehead atoms. The van der Waals surface area contributed by atoms with Crippen molar-refractivity contribution >= 4 is 11.7 Å². The highest BCUT2D eigenvalue weighted by Crippen LogP contribution is 1.88. The van der Waals surface area contributed by atoms with Crippen molar-refractivity contribution in [3.05, 3.63) is 0 Å². The summed E-state index contributed by atoms with van der Waals surface area (Å²) in [6.45, 7) is 3.81. The fourth-order valence-electron chi connectivity index (χ4n) is 0.376. The predicted octanol–water partition coefficient (Wildman–Crippen LogP) is 0.783. The van der Waals surface area contributed by atoms with Crippen molar-refractivity contribution in [1.29, 1.82) is 0 Å². The van der Waals surface area contributed by atoms with Gasteiger partial charge in [-0.15, -0.1) is 0 Å². The van der Waals surface area contributed by atoms with Crippen LogP contribution in [0.15, 0.2) is 5.10 Å². The highest BCUT2D eigenvalue weighted by molar-refractivity contribution is 5.83. The maximum absolute atomic E-state index is 10.4. The van der Waals surface area contributed by atoms with Gasteiger partial charge >= 0.3 is 6.03 Å². The average molecular weight is 143 g/mol. The molecular formula is C6H13N3O. The lowest BCUT2D eigenvalue weighted by Crippen LogP contribution is -2.28. The van der Waals surface area contributed by atoms with Gasteiger partial charge in [-0.3, -0.25) is 0 Å². The molecule has 0 heterocycles. The fourth-order valence-corrected chi connectivity index (χ4v) is 0.376. The molecule has 0 atom stereocenters. The van der Waals surface area contributed by atoms with Gasteiger partial charge in [0.1, 0.15) is 0 Å². The van der Waals surface area contributed by atoms with Gasteiger partial charge in [0.25, 0.3) is 0 Å². The number of hydrazone groups is 1. The van der Waals surface area contributed by atoms with Crippen LogP contribution in [0.5, 0.6) is 0 Å². The zero-order chi connectivity index (χ0) is 8.15. The minimum absolute atomic E-state index is 0.534. The first-order valence-corrected chi connectivity index (χ1v) is 3.15. The Hall–Kier alpha value is -1.06. The first kappa shape index (κ1) is 8.94. The number of hydrogen-bond acceptors (Lipinski definition) is 2. The molecule has 0 spiro atoms. The van der Waals surface area contributed by atoms with Crippen molar-refractivity contribution in [3.8, 4) is 0 Å². The highest BCUT2D eigenvalue weighted by atomic mass is 16.2. The molecule has 0 saturated carbocycles. The summed E-state index contributed by atoms with van der Waals surface area (Å²) in [7, 11) is 1.53. The van der Waals surface area contributed by atoms with Crippen LogP contribution in [0, 0.1) is 0 Å². The van der Waals surface area contributed by atoms with Gasteiger partial charge in [0.05, 0.1) is 0 Å². The van der Waals surface area contributed by atoms with E-state index in [1.165, 1.54) is 7.05 Å². The molecule has 4 nitrogen and oxygen atoms in total. The molecule has 10 heavy (non-hydrogen) atoms. The van der Waals surface area contributed by atoms with Crippen molar-refractivity contribution in [2.24, 2.45) is 10.8 Å². The topological polar surface area (TPSA) is 58.7 Å². The summed E-state index contributed by atoms with van der Waals surface area (Å²) in [5.41, 5.74) is 5.81. The minimum atomic E-state index is -0.534. The quantitative estimate of drug-likeness (QED) is 0.450. The van der Waals surface area contributed by atoms with Gasteiger partial charge < -0.3 is 5.73 Å². The van der Waals surface area contributed by atoms with E-state index in [9.17, 15) is 4.79 Å². The molecule has 2 amide bonds. The largest absolute Gasteiger partial charge is 0.350 e. The second-order valence-corrected chi connectivity index (χ2v) is 2.05. The zero-order valence-corrected chi connectivity index (χ0v) is 6.59. The van der Waals surface area contributed by atoms with Gasteiger partial charge in [-0.1, -0.05) is 6.92 Å². The third-order valence-electron chi connectivity index (χ3n) is 1.15. The van der Waals surface area contributed by atoms with E-state index in [1.54, 1.807) is 0 Å². The van der Waals surface area contributed by atoms with Crippen molar-refractivity contribution in [2.75, 3.05) is 7.05 Å². The van der Waals surface area contributed by atoms with Crippen molar-refractivity contribution in [3.63, 3.8) is 0 Å². The SMILES string of the molecule is CC/C(C)=N/N(C)C(N)=O. The lowest BCUT2D eigenvalue weighted by atomic mass is 10.3. The van der Waals surface area contributed by atoms with E-state index in [0.717, 1.165) is 17.1 Å². The number of hydrogen-bond donors (Lipinski definition) is 1. The Kier molecular flexibility index (Phi) is 3.46. The Bertz CT molecular complexity index is 153. The number of primary amides is 1. The molecule has 0 aromatic rings. The molecule has 4 heteroatoms. The smallest absolute Gasteiger partial charge is 0.334 e. The van der Waals surface area contributed by atoms with Crippen LogP contribution in [0.3, 0.4) is 0 Å². The van der Waals surface area contributed by atoms with Crippen LogP contribution in [0.2, 0.25) is 0 Å². The number of urea groups is 1. The van der Waals surface area contributed by atoms with Gasteiger partial charge in [0.15, 0.2) is 0 Å². The molecule has 0 aliphatic carbocycles. The van der Waals surface area contributed by atoms with E-state index in [4.69, 9.17) is 5.73 Å². The lowest BCUT2D eigenvalue weighted by molar-refractivity contribution is 0.220. The Morgan fingerprint density at radius 1 is 1.70 bits per heavy atom. The molecule has 2 N–H and O–H groups in total. The van der Waals surface area contributed by atoms with Crippen LogP contribution in [0.25, 0.3) is 0 Å². The summed E-state index contributed by atoms with van der Waals surface area (Å²) in [4.78, 5) is 10.4. The van der Waals surface area contributed by atoms with Crippen LogP contribution < -0.4 is 5.73 Å². The second-order valence-electron chi connectivity index (χ2n) is 2.05. The molecule has 0 aromatic heterocycles. The van der Waals surface area contributed by atoms with Crippen LogP contribution in [-0.4, -0.2) is 23.8 Å². The first-order valence-electron chi connectivity index (χ1n) is 3.15. The van der Waals surface area contributed by atoms with Crippen LogP contribution in [0.4, 0.5) is 4.79 Å². The van der Waals surface area contributed by atoms with Gasteiger partial charge in [-0.2, -0.15) is 5.10 Å². The maximum atomic E-state index is 10.4. The van der Waals surface area contributed by atoms with E-state index in [2.05, 4.69) is 5.10 Å². The summed E-state index contributed by atoms with van der Waals surface area (Å²) >= 11 is 0. The van der Waals surface area contributed by atoms with E-state index in [0.29, 0.717) is 0 Å². The van der Waals surface area contributed by atoms with E-state index >= 15 is 0 Å². The van der Waals surface area contributed by atoms with Gasteiger partial charge in [-0.25, -0.2) is 9.80 Å². The van der Waals surface area contributed by atoms with Crippen molar-refractivity contribution in [2.45, 2.75) is 20.3 Å². The number of carbonyl (C=O) groups excluding carboxylic acids is 1. The Morgan fingerprint density at radius 3 is 2.50 bits per heavy atom. The Labute approximate surface area is 60.7 Å². The molecule has 0 radical (unpaired) electrons. The first-order chi connectivity index (χ1) is 4.57. The summed E-state index contributed by atoms with van der Waals surface area (Å²) in [5, 5.41) is 4.99. The predicted molar refractivity (Wildman–Crippen MR) is 40.7 cm³/mol. The van der Waals surface area contributed by atoms with Gasteiger partial charge in [-0.05, 0) is 13.3 Å². The van der Waals surface area contributed by atoms with Crippen LogP contribution in [0.1, 0.15) is 20.3 Å². The standard InChI is InChI=1S/C6H13N3O/c1-4-5(2)8-9(3)6(7)10/h4H2,1-3H3,(H2,7,10)/b8-5+. The van der Waals surface area contributed by atoms with E-state index < -0.39 is 6.03 Å². The fraction of sp³-hybridized carbons (Fsp3) is 0.667. The third-order valence-corrected chi connectivity index (χ3v) is 1.15. The molecule has 0 aliphatic heterocycles. The molecule has 0 fully saturated rings. The lowest BCUT2D eigenvalue weighted by Gasteiger charge is -2.07. The molecule has 0 saturated heterocycles. The Morgan fingerprint density at radius 2 is 2.20 bits per heavy atom. The van der Waals surface area contributed by atoms with Gasteiger partial charge in [0.2, 0.25) is 0 Å². The number of rotatable bonds is 2. The maximum Gasteiger partial charge on any atom is 0.334 e. The Balaban J connectivity index is 3.99. The summed E-state index contributed by atoms with van der Waals surface area (Å²) in [6, 6.07) is -0.534. The number of amides is 2. The number of carbonyl (C=O) groups is 1. The third kappa shape index (κ3) is 3.06. The summed E-state index contributed by atoms with van der Waals surface area (Å²) in [6.07, 6.45) is 0.831. The normalized spacial score (nSPS) is 11.3. The summed E-state index contributed by atoms with van der Waals surface area (Å²) in [5.74, 6) is 0. The molecule has 0 rings (SSSR count). The van der Waals surface area contributed by atoms with Crippen LogP contribution in [-0.2, 0) is 0 Å². The molecule has 0 aliphatic rings. The number of nitrogens with zero attached hydrogens (tertiary/aromatic N) is 2. The monoisotopic (exact) mass is 143 g/mol. The van der Waals surface area contributed by atoms with Gasteiger partial charge in [0, 0.05) is 12.8 Å². The molecule has 58 valence electrons. The van der Waals surface area contributed by atoms with E-state index in [-0.39, 0.29) is 0 Å². The van der Waals surface area contributed by atoms with Crippen LogP contribution >= 0.6 is 0 Å². The minimum Gasteiger partial charge on any atom is -0.350 e. The summed E-state index contributed by atoms with van der Waals surface area (Å²) < 4.78 is 0. The molecular weight excluding hydrogens is 130 g/mol. The average Bonchev–Trinajstić information content (AvgIpc) is 1.87. The zero-order valence-electron chi connectivity index (χ0n) is 6.59. The van der Waals surface area contributed by atoms with E-state index in [1.807, 2.05) is 13.8 Å². The highest BCUT2D eigenvalue weighted by Gasteiger charge is 1.98. The molecule has 0 unspecified atom stereocenters. The second kappa shape index (κ2) is 3.87.